The van der Waals surface area contributed by atoms with Crippen LogP contribution in [0, 0.1) is 12.7 Å². The van der Waals surface area contributed by atoms with Crippen molar-refractivity contribution in [1.29, 1.82) is 0 Å². The lowest BCUT2D eigenvalue weighted by molar-refractivity contribution is 0.452. The van der Waals surface area contributed by atoms with Gasteiger partial charge in [0.2, 0.25) is 5.88 Å². The standard InChI is InChI=1S/C14H14BrClFN3O/c1-3-4-18-13-7-14(20-8(2)19-13)21-12-6-11(17)10(16)5-9(12)15/h5-7H,3-4H2,1-2H3,(H,18,19,20). The molecule has 21 heavy (non-hydrogen) atoms. The van der Waals surface area contributed by atoms with Crippen LogP contribution in [0.3, 0.4) is 0 Å². The zero-order valence-corrected chi connectivity index (χ0v) is 13.9. The average molecular weight is 375 g/mol. The molecule has 7 heteroatoms. The molecule has 112 valence electrons. The van der Waals surface area contributed by atoms with Crippen molar-refractivity contribution < 1.29 is 9.13 Å². The number of halogens is 3. The Morgan fingerprint density at radius 1 is 1.33 bits per heavy atom. The summed E-state index contributed by atoms with van der Waals surface area (Å²) in [6.45, 7) is 4.63. The molecule has 2 aromatic rings. The highest BCUT2D eigenvalue weighted by Gasteiger charge is 2.11. The lowest BCUT2D eigenvalue weighted by Gasteiger charge is -2.10. The quantitative estimate of drug-likeness (QED) is 0.752. The Bertz CT molecular complexity index is 654. The average Bonchev–Trinajstić information content (AvgIpc) is 2.42. The summed E-state index contributed by atoms with van der Waals surface area (Å²) in [5.74, 6) is 1.33. The predicted molar refractivity (Wildman–Crippen MR) is 84.7 cm³/mol. The SMILES string of the molecule is CCCNc1cc(Oc2cc(F)c(Cl)cc2Br)nc(C)n1. The maximum atomic E-state index is 13.5. The molecule has 0 aliphatic rings. The molecule has 0 saturated carbocycles. The van der Waals surface area contributed by atoms with E-state index in [9.17, 15) is 4.39 Å². The van der Waals surface area contributed by atoms with Crippen LogP contribution in [0.15, 0.2) is 22.7 Å². The van der Waals surface area contributed by atoms with E-state index in [2.05, 4.69) is 38.1 Å². The Morgan fingerprint density at radius 3 is 2.81 bits per heavy atom. The zero-order valence-electron chi connectivity index (χ0n) is 11.6. The second kappa shape index (κ2) is 7.04. The Hall–Kier alpha value is -1.40. The summed E-state index contributed by atoms with van der Waals surface area (Å²) in [5, 5.41) is 3.18. The van der Waals surface area contributed by atoms with Gasteiger partial charge in [-0.1, -0.05) is 18.5 Å². The number of hydrogen-bond donors (Lipinski definition) is 1. The summed E-state index contributed by atoms with van der Waals surface area (Å²) < 4.78 is 19.7. The minimum Gasteiger partial charge on any atom is -0.438 e. The van der Waals surface area contributed by atoms with Gasteiger partial charge < -0.3 is 10.1 Å². The highest BCUT2D eigenvalue weighted by atomic mass is 79.9. The molecular formula is C14H14BrClFN3O. The van der Waals surface area contributed by atoms with Gasteiger partial charge in [-0.2, -0.15) is 4.98 Å². The zero-order chi connectivity index (χ0) is 15.4. The molecule has 4 nitrogen and oxygen atoms in total. The first-order chi connectivity index (χ1) is 9.99. The minimum absolute atomic E-state index is 0.0263. The van der Waals surface area contributed by atoms with Gasteiger partial charge in [-0.25, -0.2) is 9.37 Å². The first-order valence-electron chi connectivity index (χ1n) is 6.41. The predicted octanol–water partition coefficient (Wildman–Crippen LogP) is 4.95. The van der Waals surface area contributed by atoms with E-state index in [-0.39, 0.29) is 5.02 Å². The van der Waals surface area contributed by atoms with Crippen molar-refractivity contribution in [3.63, 3.8) is 0 Å². The smallest absolute Gasteiger partial charge is 0.224 e. The molecule has 0 aliphatic carbocycles. The van der Waals surface area contributed by atoms with Crippen molar-refractivity contribution in [2.24, 2.45) is 0 Å². The van der Waals surface area contributed by atoms with Gasteiger partial charge in [0, 0.05) is 18.7 Å². The van der Waals surface area contributed by atoms with Crippen LogP contribution in [-0.4, -0.2) is 16.5 Å². The van der Waals surface area contributed by atoms with Gasteiger partial charge in [-0.15, -0.1) is 0 Å². The number of rotatable bonds is 5. The van der Waals surface area contributed by atoms with Gasteiger partial charge in [0.05, 0.1) is 9.50 Å². The van der Waals surface area contributed by atoms with Gasteiger partial charge in [0.15, 0.2) is 0 Å². The van der Waals surface area contributed by atoms with Crippen LogP contribution in [0.5, 0.6) is 11.6 Å². The minimum atomic E-state index is -0.551. The van der Waals surface area contributed by atoms with E-state index in [1.807, 2.05) is 0 Å². The van der Waals surface area contributed by atoms with Gasteiger partial charge in [0.25, 0.3) is 0 Å². The third-order valence-corrected chi connectivity index (χ3v) is 3.47. The highest BCUT2D eigenvalue weighted by Crippen LogP contribution is 2.33. The summed E-state index contributed by atoms with van der Waals surface area (Å²) in [4.78, 5) is 8.44. The molecular weight excluding hydrogens is 361 g/mol. The third-order valence-electron chi connectivity index (χ3n) is 2.56. The summed E-state index contributed by atoms with van der Waals surface area (Å²) in [7, 11) is 0. The monoisotopic (exact) mass is 373 g/mol. The second-order valence-electron chi connectivity index (χ2n) is 4.36. The van der Waals surface area contributed by atoms with Crippen molar-refractivity contribution >= 4 is 33.3 Å². The van der Waals surface area contributed by atoms with Crippen LogP contribution in [0.4, 0.5) is 10.2 Å². The van der Waals surface area contributed by atoms with Crippen molar-refractivity contribution in [2.45, 2.75) is 20.3 Å². The fourth-order valence-corrected chi connectivity index (χ4v) is 2.35. The van der Waals surface area contributed by atoms with Crippen molar-refractivity contribution in [2.75, 3.05) is 11.9 Å². The van der Waals surface area contributed by atoms with E-state index in [4.69, 9.17) is 16.3 Å². The summed E-state index contributed by atoms with van der Waals surface area (Å²) in [5.41, 5.74) is 0. The third kappa shape index (κ3) is 4.28. The Balaban J connectivity index is 2.27. The van der Waals surface area contributed by atoms with Crippen LogP contribution in [-0.2, 0) is 0 Å². The normalized spacial score (nSPS) is 10.5. The summed E-state index contributed by atoms with van der Waals surface area (Å²) in [6, 6.07) is 4.32. The Morgan fingerprint density at radius 2 is 2.10 bits per heavy atom. The number of nitrogens with one attached hydrogen (secondary N) is 1. The van der Waals surface area contributed by atoms with Gasteiger partial charge >= 0.3 is 0 Å². The number of aryl methyl sites for hydroxylation is 1. The van der Waals surface area contributed by atoms with E-state index in [0.717, 1.165) is 13.0 Å². The first-order valence-corrected chi connectivity index (χ1v) is 7.58. The van der Waals surface area contributed by atoms with Crippen molar-refractivity contribution in [1.82, 2.24) is 9.97 Å². The number of anilines is 1. The molecule has 0 unspecified atom stereocenters. The van der Waals surface area contributed by atoms with Crippen LogP contribution in [0.1, 0.15) is 19.2 Å². The molecule has 2 rings (SSSR count). The number of nitrogens with zero attached hydrogens (tertiary/aromatic N) is 2. The molecule has 0 fully saturated rings. The first kappa shape index (κ1) is 16.0. The van der Waals surface area contributed by atoms with E-state index in [1.54, 1.807) is 13.0 Å². The van der Waals surface area contributed by atoms with Crippen LogP contribution in [0.2, 0.25) is 5.02 Å². The molecule has 0 atom stereocenters. The largest absolute Gasteiger partial charge is 0.438 e. The van der Waals surface area contributed by atoms with Gasteiger partial charge in [-0.3, -0.25) is 0 Å². The number of aromatic nitrogens is 2. The fraction of sp³-hybridized carbons (Fsp3) is 0.286. The maximum Gasteiger partial charge on any atom is 0.224 e. The fourth-order valence-electron chi connectivity index (χ4n) is 1.63. The van der Waals surface area contributed by atoms with E-state index >= 15 is 0 Å². The molecule has 1 N–H and O–H groups in total. The van der Waals surface area contributed by atoms with Crippen LogP contribution in [0.25, 0.3) is 0 Å². The maximum absolute atomic E-state index is 13.5. The topological polar surface area (TPSA) is 47.0 Å². The Kier molecular flexibility index (Phi) is 5.36. The molecule has 1 aromatic carbocycles. The lowest BCUT2D eigenvalue weighted by Crippen LogP contribution is -2.04. The van der Waals surface area contributed by atoms with Gasteiger partial charge in [-0.05, 0) is 35.3 Å². The molecule has 0 saturated heterocycles. The molecule has 0 bridgehead atoms. The number of benzene rings is 1. The lowest BCUT2D eigenvalue weighted by atomic mass is 10.3. The van der Waals surface area contributed by atoms with Crippen molar-refractivity contribution in [3.8, 4) is 11.6 Å². The van der Waals surface area contributed by atoms with Gasteiger partial charge in [0.1, 0.15) is 23.2 Å². The second-order valence-corrected chi connectivity index (χ2v) is 5.63. The highest BCUT2D eigenvalue weighted by molar-refractivity contribution is 9.10. The van der Waals surface area contributed by atoms with Crippen LogP contribution < -0.4 is 10.1 Å². The summed E-state index contributed by atoms with van der Waals surface area (Å²) in [6.07, 6.45) is 0.979. The molecule has 0 spiro atoms. The Labute approximate surface area is 135 Å². The molecule has 1 heterocycles. The van der Waals surface area contributed by atoms with E-state index in [0.29, 0.717) is 27.7 Å². The molecule has 1 aromatic heterocycles. The summed E-state index contributed by atoms with van der Waals surface area (Å²) >= 11 is 8.98. The molecule has 0 aliphatic heterocycles. The van der Waals surface area contributed by atoms with E-state index < -0.39 is 5.82 Å². The van der Waals surface area contributed by atoms with E-state index in [1.165, 1.54) is 12.1 Å². The number of ether oxygens (including phenoxy) is 1. The van der Waals surface area contributed by atoms with Crippen molar-refractivity contribution in [3.05, 3.63) is 39.3 Å². The number of hydrogen-bond acceptors (Lipinski definition) is 4. The van der Waals surface area contributed by atoms with Crippen LogP contribution >= 0.6 is 27.5 Å². The molecule has 0 radical (unpaired) electrons. The molecule has 0 amide bonds.